The number of hydrogen-bond donors (Lipinski definition) is 0. The van der Waals surface area contributed by atoms with Crippen LogP contribution in [-0.2, 0) is 19.1 Å². The number of rotatable bonds is 4. The van der Waals surface area contributed by atoms with Crippen LogP contribution in [0, 0.1) is 11.8 Å². The summed E-state index contributed by atoms with van der Waals surface area (Å²) in [7, 11) is 0. The molecule has 2 heterocycles. The number of nitrogens with zero attached hydrogens (tertiary/aromatic N) is 4. The molecule has 2 aliphatic rings. The summed E-state index contributed by atoms with van der Waals surface area (Å²) in [6, 6.07) is 6.83. The Morgan fingerprint density at radius 1 is 1.28 bits per heavy atom. The number of aryl methyl sites for hydroxylation is 1. The van der Waals surface area contributed by atoms with Crippen LogP contribution < -0.4 is 4.90 Å². The van der Waals surface area contributed by atoms with Crippen LogP contribution in [0.4, 0.5) is 5.69 Å². The zero-order valence-corrected chi connectivity index (χ0v) is 13.8. The summed E-state index contributed by atoms with van der Waals surface area (Å²) in [5.74, 6) is -1.85. The van der Waals surface area contributed by atoms with E-state index in [0.29, 0.717) is 10.8 Å². The van der Waals surface area contributed by atoms with E-state index in [1.54, 1.807) is 31.2 Å². The molecule has 1 aromatic rings. The zero-order chi connectivity index (χ0) is 18.2. The fourth-order valence-corrected chi connectivity index (χ4v) is 2.99. The normalized spacial score (nSPS) is 22.6. The Kier molecular flexibility index (Phi) is 4.07. The molecular formula is C16H16N4O5. The molecule has 25 heavy (non-hydrogen) atoms. The lowest BCUT2D eigenvalue weighted by atomic mass is 9.92. The van der Waals surface area contributed by atoms with Gasteiger partial charge in [0.1, 0.15) is 0 Å². The molecule has 1 saturated heterocycles. The zero-order valence-electron chi connectivity index (χ0n) is 13.8. The fraction of sp³-hybridized carbons (Fsp3) is 0.375. The summed E-state index contributed by atoms with van der Waals surface area (Å²) in [5.41, 5.74) is -0.338. The summed E-state index contributed by atoms with van der Waals surface area (Å²) < 4.78 is 4.86. The molecule has 0 radical (unpaired) electrons. The molecule has 0 aromatic heterocycles. The van der Waals surface area contributed by atoms with Gasteiger partial charge in [-0.3, -0.25) is 9.59 Å². The average molecular weight is 344 g/mol. The highest BCUT2D eigenvalue weighted by molar-refractivity contribution is 6.39. The summed E-state index contributed by atoms with van der Waals surface area (Å²) in [6.45, 7) is 3.64. The fourth-order valence-electron chi connectivity index (χ4n) is 2.99. The molecule has 130 valence electrons. The van der Waals surface area contributed by atoms with Gasteiger partial charge in [0.2, 0.25) is 5.91 Å². The second-order valence-electron chi connectivity index (χ2n) is 5.89. The van der Waals surface area contributed by atoms with Crippen molar-refractivity contribution in [2.24, 2.45) is 10.4 Å². The van der Waals surface area contributed by atoms with Crippen molar-refractivity contribution < 1.29 is 19.1 Å². The van der Waals surface area contributed by atoms with Crippen LogP contribution in [0.15, 0.2) is 34.7 Å². The molecule has 1 fully saturated rings. The first-order chi connectivity index (χ1) is 11.9. The lowest BCUT2D eigenvalue weighted by molar-refractivity contribution is -0.135. The molecule has 0 N–H and O–H groups in total. The van der Waals surface area contributed by atoms with E-state index >= 15 is 0 Å². The van der Waals surface area contributed by atoms with E-state index in [0.717, 1.165) is 10.5 Å². The predicted octanol–water partition coefficient (Wildman–Crippen LogP) is 1.30. The van der Waals surface area contributed by atoms with Gasteiger partial charge in [-0.2, -0.15) is 0 Å². The van der Waals surface area contributed by atoms with Crippen molar-refractivity contribution in [1.82, 2.24) is 5.12 Å². The third kappa shape index (κ3) is 2.57. The van der Waals surface area contributed by atoms with Gasteiger partial charge in [0, 0.05) is 6.42 Å². The molecule has 9 nitrogen and oxygen atoms in total. The van der Waals surface area contributed by atoms with Crippen molar-refractivity contribution in [3.05, 3.63) is 34.7 Å². The smallest absolute Gasteiger partial charge is 0.354 e. The summed E-state index contributed by atoms with van der Waals surface area (Å²) in [6.07, 6.45) is -0.498. The molecule has 3 rings (SSSR count). The quantitative estimate of drug-likeness (QED) is 0.463. The topological polar surface area (TPSA) is 109 Å². The number of hydrazone groups is 1. The number of benzene rings is 1. The third-order valence-corrected chi connectivity index (χ3v) is 4.23. The van der Waals surface area contributed by atoms with Gasteiger partial charge in [-0.25, -0.2) is 9.69 Å². The Balaban J connectivity index is 1.94. The van der Waals surface area contributed by atoms with Crippen LogP contribution in [-0.4, -0.2) is 40.8 Å². The largest absolute Gasteiger partial charge is 0.461 e. The van der Waals surface area contributed by atoms with Gasteiger partial charge in [-0.1, -0.05) is 17.7 Å². The van der Waals surface area contributed by atoms with Gasteiger partial charge in [0.15, 0.2) is 11.3 Å². The first-order valence-corrected chi connectivity index (χ1v) is 7.75. The van der Waals surface area contributed by atoms with Crippen molar-refractivity contribution in [2.75, 3.05) is 11.5 Å². The first kappa shape index (κ1) is 16.7. The molecule has 1 unspecified atom stereocenters. The summed E-state index contributed by atoms with van der Waals surface area (Å²) >= 11 is 0. The van der Waals surface area contributed by atoms with Gasteiger partial charge in [0.25, 0.3) is 5.91 Å². The van der Waals surface area contributed by atoms with Gasteiger partial charge in [0.05, 0.1) is 24.0 Å². The Bertz CT molecular complexity index is 788. The van der Waals surface area contributed by atoms with Crippen LogP contribution in [0.3, 0.4) is 0 Å². The minimum absolute atomic E-state index is 0.103. The minimum Gasteiger partial charge on any atom is -0.461 e. The maximum atomic E-state index is 13.0. The molecule has 0 saturated carbocycles. The van der Waals surface area contributed by atoms with Crippen molar-refractivity contribution in [1.29, 1.82) is 0 Å². The van der Waals surface area contributed by atoms with Crippen LogP contribution in [0.2, 0.25) is 0 Å². The number of ether oxygens (including phenoxy) is 1. The molecule has 2 amide bonds. The number of nitroso groups, excluding NO2 is 1. The third-order valence-electron chi connectivity index (χ3n) is 4.23. The van der Waals surface area contributed by atoms with Crippen LogP contribution in [0.1, 0.15) is 25.3 Å². The van der Waals surface area contributed by atoms with Gasteiger partial charge in [-0.15, -0.1) is 15.1 Å². The molecule has 1 spiro atoms. The first-order valence-electron chi connectivity index (χ1n) is 7.75. The lowest BCUT2D eigenvalue weighted by Gasteiger charge is -2.24. The standard InChI is InChI=1S/C16H16N4O5/c1-3-25-14(22)12-8-16(20(17-12)18-24)9-13(21)19(15(16)23)11-6-4-10(2)5-7-11/h4-7H,3,8-9H2,1-2H3. The molecular weight excluding hydrogens is 328 g/mol. The number of carbonyl (C=O) groups excluding carboxylic acids is 3. The second kappa shape index (κ2) is 6.08. The Labute approximate surface area is 143 Å². The van der Waals surface area contributed by atoms with Gasteiger partial charge < -0.3 is 4.74 Å². The maximum Gasteiger partial charge on any atom is 0.354 e. The SMILES string of the molecule is CCOC(=O)C1=NN(N=O)C2(CC(=O)N(c3ccc(C)cc3)C2=O)C1. The predicted molar refractivity (Wildman–Crippen MR) is 87.3 cm³/mol. The van der Waals surface area contributed by atoms with E-state index in [1.165, 1.54) is 0 Å². The number of esters is 1. The number of anilines is 1. The number of carbonyl (C=O) groups is 3. The molecule has 2 aliphatic heterocycles. The van der Waals surface area contributed by atoms with Crippen molar-refractivity contribution in [3.8, 4) is 0 Å². The molecule has 0 aliphatic carbocycles. The van der Waals surface area contributed by atoms with Gasteiger partial charge in [-0.05, 0) is 26.0 Å². The average Bonchev–Trinajstić information content (AvgIpc) is 3.07. The number of amides is 2. The number of hydrogen-bond acceptors (Lipinski definition) is 7. The van der Waals surface area contributed by atoms with Crippen LogP contribution >= 0.6 is 0 Å². The Morgan fingerprint density at radius 2 is 1.96 bits per heavy atom. The Hall–Kier alpha value is -3.10. The lowest BCUT2D eigenvalue weighted by Crippen LogP contribution is -2.48. The highest BCUT2D eigenvalue weighted by Crippen LogP contribution is 2.40. The molecule has 1 aromatic carbocycles. The van der Waals surface area contributed by atoms with Crippen LogP contribution in [0.5, 0.6) is 0 Å². The second-order valence-corrected chi connectivity index (χ2v) is 5.89. The number of imide groups is 1. The van der Waals surface area contributed by atoms with E-state index < -0.39 is 23.3 Å². The maximum absolute atomic E-state index is 13.0. The Morgan fingerprint density at radius 3 is 2.56 bits per heavy atom. The molecule has 1 atom stereocenters. The minimum atomic E-state index is -1.61. The van der Waals surface area contributed by atoms with Crippen molar-refractivity contribution in [3.63, 3.8) is 0 Å². The van der Waals surface area contributed by atoms with Crippen molar-refractivity contribution in [2.45, 2.75) is 32.2 Å². The van der Waals surface area contributed by atoms with Gasteiger partial charge >= 0.3 is 5.97 Å². The van der Waals surface area contributed by atoms with E-state index in [9.17, 15) is 19.3 Å². The van der Waals surface area contributed by atoms with Crippen molar-refractivity contribution >= 4 is 29.2 Å². The van der Waals surface area contributed by atoms with Crippen LogP contribution in [0.25, 0.3) is 0 Å². The molecule has 0 bridgehead atoms. The summed E-state index contributed by atoms with van der Waals surface area (Å²) in [5, 5.41) is 7.13. The van der Waals surface area contributed by atoms with E-state index in [4.69, 9.17) is 4.74 Å². The monoisotopic (exact) mass is 344 g/mol. The highest BCUT2D eigenvalue weighted by atomic mass is 16.5. The highest BCUT2D eigenvalue weighted by Gasteiger charge is 2.61. The van der Waals surface area contributed by atoms with E-state index in [-0.39, 0.29) is 25.2 Å². The van der Waals surface area contributed by atoms with E-state index in [2.05, 4.69) is 10.4 Å². The van der Waals surface area contributed by atoms with E-state index in [1.807, 2.05) is 6.92 Å². The summed E-state index contributed by atoms with van der Waals surface area (Å²) in [4.78, 5) is 49.5. The molecule has 9 heteroatoms.